The Morgan fingerprint density at radius 1 is 1.04 bits per heavy atom. The lowest BCUT2D eigenvalue weighted by Crippen LogP contribution is -2.46. The fraction of sp³-hybridized carbons (Fsp3) is 0.176. The highest BCUT2D eigenvalue weighted by atomic mass is 16.6. The van der Waals surface area contributed by atoms with E-state index in [-0.39, 0.29) is 5.91 Å². The molecule has 0 aliphatic carbocycles. The average molecular weight is 312 g/mol. The molecular formula is C17H16N2O4. The van der Waals surface area contributed by atoms with Gasteiger partial charge in [0.1, 0.15) is 6.10 Å². The Morgan fingerprint density at radius 3 is 2.43 bits per heavy atom. The van der Waals surface area contributed by atoms with Gasteiger partial charge < -0.3 is 20.5 Å². The van der Waals surface area contributed by atoms with Crippen LogP contribution in [0.5, 0.6) is 11.5 Å². The Kier molecular flexibility index (Phi) is 3.89. The van der Waals surface area contributed by atoms with Crippen LogP contribution in [-0.2, 0) is 4.79 Å². The number of nitrogens with one attached hydrogen (secondary N) is 1. The van der Waals surface area contributed by atoms with Gasteiger partial charge >= 0.3 is 0 Å². The fourth-order valence-corrected chi connectivity index (χ4v) is 2.37. The van der Waals surface area contributed by atoms with Crippen molar-refractivity contribution in [1.82, 2.24) is 0 Å². The summed E-state index contributed by atoms with van der Waals surface area (Å²) in [7, 11) is 0. The lowest BCUT2D eigenvalue weighted by atomic mass is 10.1. The highest BCUT2D eigenvalue weighted by Crippen LogP contribution is 2.33. The van der Waals surface area contributed by atoms with Crippen LogP contribution >= 0.6 is 0 Å². The van der Waals surface area contributed by atoms with E-state index in [1.807, 2.05) is 12.1 Å². The van der Waals surface area contributed by atoms with Gasteiger partial charge in [0, 0.05) is 11.3 Å². The first kappa shape index (κ1) is 14.9. The van der Waals surface area contributed by atoms with Crippen molar-refractivity contribution in [2.75, 3.05) is 5.32 Å². The fourth-order valence-electron chi connectivity index (χ4n) is 2.37. The van der Waals surface area contributed by atoms with Crippen molar-refractivity contribution in [3.8, 4) is 11.5 Å². The van der Waals surface area contributed by atoms with Crippen molar-refractivity contribution in [1.29, 1.82) is 0 Å². The molecule has 0 saturated carbocycles. The van der Waals surface area contributed by atoms with Crippen LogP contribution in [0.2, 0.25) is 0 Å². The van der Waals surface area contributed by atoms with Gasteiger partial charge in [-0.2, -0.15) is 0 Å². The first-order chi connectivity index (χ1) is 11.0. The van der Waals surface area contributed by atoms with E-state index in [1.54, 1.807) is 37.3 Å². The molecule has 2 aromatic carbocycles. The van der Waals surface area contributed by atoms with Gasteiger partial charge in [0.15, 0.2) is 11.5 Å². The summed E-state index contributed by atoms with van der Waals surface area (Å²) in [5.41, 5.74) is 6.03. The molecule has 6 heteroatoms. The third-order valence-electron chi connectivity index (χ3n) is 3.52. The Hall–Kier alpha value is -3.02. The monoisotopic (exact) mass is 312 g/mol. The van der Waals surface area contributed by atoms with Gasteiger partial charge in [0.05, 0.1) is 0 Å². The molecule has 0 radical (unpaired) electrons. The largest absolute Gasteiger partial charge is 0.482 e. The predicted octanol–water partition coefficient (Wildman–Crippen LogP) is 1.95. The summed E-state index contributed by atoms with van der Waals surface area (Å²) in [6, 6.07) is 13.6. The van der Waals surface area contributed by atoms with Crippen LogP contribution in [0.4, 0.5) is 5.69 Å². The molecule has 1 heterocycles. The molecule has 0 unspecified atom stereocenters. The van der Waals surface area contributed by atoms with E-state index in [2.05, 4.69) is 5.32 Å². The molecule has 118 valence electrons. The molecule has 0 spiro atoms. The number of rotatable bonds is 3. The topological polar surface area (TPSA) is 90.7 Å². The number of ether oxygens (including phenoxy) is 2. The molecular weight excluding hydrogens is 296 g/mol. The Bertz CT molecular complexity index is 760. The minimum Gasteiger partial charge on any atom is -0.482 e. The standard InChI is InChI=1S/C17H16N2O4/c1-10-15(23-14-8-3-2-7-13(14)22-10)17(21)19-12-6-4-5-11(9-12)16(18)20/h2-10,15H,1H3,(H2,18,20)(H,19,21)/t10-,15-/m0/s1. The minimum atomic E-state index is -0.790. The lowest BCUT2D eigenvalue weighted by molar-refractivity contribution is -0.128. The molecule has 6 nitrogen and oxygen atoms in total. The number of hydrogen-bond acceptors (Lipinski definition) is 4. The lowest BCUT2D eigenvalue weighted by Gasteiger charge is -2.31. The molecule has 0 bridgehead atoms. The van der Waals surface area contributed by atoms with Gasteiger partial charge in [0.2, 0.25) is 12.0 Å². The van der Waals surface area contributed by atoms with Gasteiger partial charge in [-0.05, 0) is 37.3 Å². The quantitative estimate of drug-likeness (QED) is 0.906. The second kappa shape index (κ2) is 6.00. The Morgan fingerprint density at radius 2 is 1.74 bits per heavy atom. The van der Waals surface area contributed by atoms with Gasteiger partial charge in [-0.15, -0.1) is 0 Å². The van der Waals surface area contributed by atoms with Crippen LogP contribution in [0.3, 0.4) is 0 Å². The van der Waals surface area contributed by atoms with Crippen molar-refractivity contribution in [2.24, 2.45) is 5.73 Å². The summed E-state index contributed by atoms with van der Waals surface area (Å²) in [4.78, 5) is 23.6. The van der Waals surface area contributed by atoms with Crippen LogP contribution in [-0.4, -0.2) is 24.0 Å². The van der Waals surface area contributed by atoms with Crippen LogP contribution < -0.4 is 20.5 Å². The number of carbonyl (C=O) groups excluding carboxylic acids is 2. The number of primary amides is 1. The van der Waals surface area contributed by atoms with E-state index in [0.717, 1.165) is 0 Å². The SMILES string of the molecule is C[C@@H]1Oc2ccccc2O[C@@H]1C(=O)Nc1cccc(C(N)=O)c1. The van der Waals surface area contributed by atoms with E-state index in [1.165, 1.54) is 6.07 Å². The predicted molar refractivity (Wildman–Crippen MR) is 84.5 cm³/mol. The highest BCUT2D eigenvalue weighted by molar-refractivity contribution is 5.98. The number of carbonyl (C=O) groups is 2. The minimum absolute atomic E-state index is 0.321. The summed E-state index contributed by atoms with van der Waals surface area (Å²) >= 11 is 0. The van der Waals surface area contributed by atoms with E-state index >= 15 is 0 Å². The summed E-state index contributed by atoms with van der Waals surface area (Å²) in [5, 5.41) is 2.72. The number of nitrogens with two attached hydrogens (primary N) is 1. The molecule has 0 saturated heterocycles. The zero-order valence-corrected chi connectivity index (χ0v) is 12.5. The molecule has 23 heavy (non-hydrogen) atoms. The molecule has 2 atom stereocenters. The van der Waals surface area contributed by atoms with Gasteiger partial charge in [-0.3, -0.25) is 9.59 Å². The molecule has 3 rings (SSSR count). The van der Waals surface area contributed by atoms with Crippen LogP contribution in [0, 0.1) is 0 Å². The second-order valence-electron chi connectivity index (χ2n) is 5.24. The average Bonchev–Trinajstić information content (AvgIpc) is 2.54. The maximum atomic E-state index is 12.4. The number of amides is 2. The van der Waals surface area contributed by atoms with Crippen molar-refractivity contribution in [3.63, 3.8) is 0 Å². The molecule has 1 aliphatic heterocycles. The third-order valence-corrected chi connectivity index (χ3v) is 3.52. The summed E-state index contributed by atoms with van der Waals surface area (Å²) in [5.74, 6) is 0.227. The molecule has 0 aromatic heterocycles. The summed E-state index contributed by atoms with van der Waals surface area (Å²) in [6.45, 7) is 1.76. The number of para-hydroxylation sites is 2. The Balaban J connectivity index is 1.76. The number of hydrogen-bond donors (Lipinski definition) is 2. The smallest absolute Gasteiger partial charge is 0.269 e. The molecule has 0 fully saturated rings. The van der Waals surface area contributed by atoms with Crippen molar-refractivity contribution in [2.45, 2.75) is 19.1 Å². The van der Waals surface area contributed by atoms with Crippen molar-refractivity contribution in [3.05, 3.63) is 54.1 Å². The second-order valence-corrected chi connectivity index (χ2v) is 5.24. The van der Waals surface area contributed by atoms with E-state index < -0.39 is 18.1 Å². The zero-order valence-electron chi connectivity index (χ0n) is 12.5. The number of anilines is 1. The first-order valence-electron chi connectivity index (χ1n) is 7.17. The third kappa shape index (κ3) is 3.11. The maximum absolute atomic E-state index is 12.4. The maximum Gasteiger partial charge on any atom is 0.269 e. The number of benzene rings is 2. The molecule has 2 amide bonds. The normalized spacial score (nSPS) is 19.0. The van der Waals surface area contributed by atoms with Crippen LogP contribution in [0.15, 0.2) is 48.5 Å². The van der Waals surface area contributed by atoms with Crippen LogP contribution in [0.25, 0.3) is 0 Å². The molecule has 2 aromatic rings. The highest BCUT2D eigenvalue weighted by Gasteiger charge is 2.34. The van der Waals surface area contributed by atoms with Gasteiger partial charge in [-0.1, -0.05) is 18.2 Å². The summed E-state index contributed by atoms with van der Waals surface area (Å²) in [6.07, 6.45) is -1.23. The Labute approximate surface area is 133 Å². The van der Waals surface area contributed by atoms with Crippen molar-refractivity contribution < 1.29 is 19.1 Å². The van der Waals surface area contributed by atoms with Gasteiger partial charge in [0.25, 0.3) is 5.91 Å². The molecule has 3 N–H and O–H groups in total. The molecule has 1 aliphatic rings. The van der Waals surface area contributed by atoms with E-state index in [4.69, 9.17) is 15.2 Å². The number of fused-ring (bicyclic) bond motifs is 1. The van der Waals surface area contributed by atoms with Crippen LogP contribution in [0.1, 0.15) is 17.3 Å². The van der Waals surface area contributed by atoms with Gasteiger partial charge in [-0.25, -0.2) is 0 Å². The van der Waals surface area contributed by atoms with Crippen molar-refractivity contribution >= 4 is 17.5 Å². The summed E-state index contributed by atoms with van der Waals surface area (Å²) < 4.78 is 11.4. The van der Waals surface area contributed by atoms with E-state index in [9.17, 15) is 9.59 Å². The first-order valence-corrected chi connectivity index (χ1v) is 7.17. The zero-order chi connectivity index (χ0) is 16.4. The van der Waals surface area contributed by atoms with E-state index in [0.29, 0.717) is 22.7 Å².